The van der Waals surface area contributed by atoms with Crippen LogP contribution in [0.25, 0.3) is 0 Å². The van der Waals surface area contributed by atoms with Gasteiger partial charge in [-0.3, -0.25) is 19.3 Å². The minimum atomic E-state index is -0.442. The molecule has 1 aromatic carbocycles. The Hall–Kier alpha value is -3.06. The molecule has 2 rings (SSSR count). The van der Waals surface area contributed by atoms with Crippen LogP contribution < -0.4 is 16.0 Å². The van der Waals surface area contributed by atoms with E-state index in [9.17, 15) is 19.2 Å². The maximum Gasteiger partial charge on any atom is 0.219 e. The third-order valence-corrected chi connectivity index (χ3v) is 6.72. The zero-order chi connectivity index (χ0) is 26.9. The number of carbonyl (C=O) groups excluding carboxylic acids is 4. The summed E-state index contributed by atoms with van der Waals surface area (Å²) in [5, 5.41) is 8.93. The van der Waals surface area contributed by atoms with Gasteiger partial charge in [0.2, 0.25) is 12.3 Å². The van der Waals surface area contributed by atoms with Gasteiger partial charge in [-0.15, -0.1) is 0 Å². The molecule has 202 valence electrons. The van der Waals surface area contributed by atoms with Crippen molar-refractivity contribution in [3.05, 3.63) is 34.9 Å². The molecule has 2 amide bonds. The zero-order valence-corrected chi connectivity index (χ0v) is 22.0. The van der Waals surface area contributed by atoms with Gasteiger partial charge in [-0.05, 0) is 50.8 Å². The van der Waals surface area contributed by atoms with Gasteiger partial charge in [0, 0.05) is 56.2 Å². The van der Waals surface area contributed by atoms with E-state index in [1.54, 1.807) is 26.2 Å². The Balaban J connectivity index is 1.80. The van der Waals surface area contributed by atoms with Crippen molar-refractivity contribution in [1.29, 1.82) is 0 Å². The summed E-state index contributed by atoms with van der Waals surface area (Å²) in [6, 6.07) is 5.74. The molecule has 0 aliphatic heterocycles. The third-order valence-electron chi connectivity index (χ3n) is 6.72. The Kier molecular flexibility index (Phi) is 14.2. The lowest BCUT2D eigenvalue weighted by molar-refractivity contribution is -0.121. The number of rotatable bonds is 16. The average molecular weight is 513 g/mol. The van der Waals surface area contributed by atoms with Gasteiger partial charge < -0.3 is 25.5 Å². The van der Waals surface area contributed by atoms with Crippen LogP contribution in [0.4, 0.5) is 0 Å². The number of aldehydes is 2. The summed E-state index contributed by atoms with van der Waals surface area (Å²) in [6.07, 6.45) is 7.74. The highest BCUT2D eigenvalue weighted by Gasteiger charge is 2.20. The van der Waals surface area contributed by atoms with Crippen LogP contribution in [0.5, 0.6) is 0 Å². The van der Waals surface area contributed by atoms with Crippen LogP contribution >= 0.6 is 0 Å². The fraction of sp³-hybridized carbons (Fsp3) is 0.571. The van der Waals surface area contributed by atoms with Gasteiger partial charge in [-0.1, -0.05) is 24.0 Å². The summed E-state index contributed by atoms with van der Waals surface area (Å²) < 4.78 is 5.70. The first kappa shape index (κ1) is 30.2. The molecule has 0 aromatic heterocycles. The van der Waals surface area contributed by atoms with Gasteiger partial charge in [-0.25, -0.2) is 0 Å². The van der Waals surface area contributed by atoms with Crippen molar-refractivity contribution in [3.63, 3.8) is 0 Å². The second-order valence-corrected chi connectivity index (χ2v) is 9.27. The molecule has 1 unspecified atom stereocenters. The van der Waals surface area contributed by atoms with Gasteiger partial charge in [0.25, 0.3) is 0 Å². The highest BCUT2D eigenvalue weighted by atomic mass is 16.5. The fourth-order valence-corrected chi connectivity index (χ4v) is 4.45. The summed E-state index contributed by atoms with van der Waals surface area (Å²) in [5.74, 6) is 6.16. The molecule has 37 heavy (non-hydrogen) atoms. The van der Waals surface area contributed by atoms with Crippen molar-refractivity contribution in [2.75, 3.05) is 33.9 Å². The van der Waals surface area contributed by atoms with Crippen LogP contribution in [0.2, 0.25) is 0 Å². The number of nitrogens with zero attached hydrogens (tertiary/aromatic N) is 1. The largest absolute Gasteiger partial charge is 0.379 e. The lowest BCUT2D eigenvalue weighted by Crippen LogP contribution is -2.40. The minimum Gasteiger partial charge on any atom is -0.379 e. The molecule has 1 aliphatic rings. The number of nitrogens with one attached hydrogen (secondary N) is 3. The molecular formula is C28H40N4O5. The normalized spacial score (nSPS) is 17.8. The Morgan fingerprint density at radius 3 is 2.59 bits per heavy atom. The maximum atomic E-state index is 11.7. The zero-order valence-electron chi connectivity index (χ0n) is 22.0. The number of hydrogen-bond acceptors (Lipinski definition) is 7. The van der Waals surface area contributed by atoms with Crippen LogP contribution in [0.3, 0.4) is 0 Å². The van der Waals surface area contributed by atoms with Crippen LogP contribution in [-0.2, 0) is 25.7 Å². The molecular weight excluding hydrogens is 472 g/mol. The topological polar surface area (TPSA) is 117 Å². The van der Waals surface area contributed by atoms with Crippen molar-refractivity contribution in [2.45, 2.75) is 69.6 Å². The van der Waals surface area contributed by atoms with Crippen LogP contribution in [0.1, 0.15) is 66.4 Å². The number of benzene rings is 1. The minimum absolute atomic E-state index is 0.117. The van der Waals surface area contributed by atoms with E-state index in [1.165, 1.54) is 0 Å². The Morgan fingerprint density at radius 1 is 1.16 bits per heavy atom. The first-order valence-electron chi connectivity index (χ1n) is 12.9. The van der Waals surface area contributed by atoms with Crippen molar-refractivity contribution < 1.29 is 23.9 Å². The second-order valence-electron chi connectivity index (χ2n) is 9.27. The Bertz CT molecular complexity index is 934. The molecule has 1 aliphatic carbocycles. The molecule has 0 heterocycles. The van der Waals surface area contributed by atoms with E-state index in [-0.39, 0.29) is 12.3 Å². The first-order valence-corrected chi connectivity index (χ1v) is 12.9. The first-order chi connectivity index (χ1) is 18.0. The molecule has 1 aromatic rings. The van der Waals surface area contributed by atoms with Gasteiger partial charge in [0.05, 0.1) is 19.3 Å². The number of amides is 2. The molecule has 0 radical (unpaired) electrons. The highest BCUT2D eigenvalue weighted by Crippen LogP contribution is 2.19. The standard InChI is InChI=1S/C28H40N4O5/c1-29-28(36)14-13-26(20-34)32(2)18-27-22(7-5-8-23(27)19-33)6-3-4-16-37-17-15-30-24-9-11-25(12-10-24)31-21-35/h5,7-8,19-21,24-26,30H,4,9-18H2,1-2H3,(H,29,36)(H,31,35)/t24-,25+,26?. The molecule has 1 fully saturated rings. The van der Waals surface area contributed by atoms with Crippen molar-refractivity contribution in [3.8, 4) is 11.8 Å². The Morgan fingerprint density at radius 2 is 1.92 bits per heavy atom. The SMILES string of the molecule is CNC(=O)CCC(C=O)N(C)Cc1c(C#CCCOCCN[C@H]2CC[C@@H](NC=O)CC2)cccc1C=O. The van der Waals surface area contributed by atoms with E-state index >= 15 is 0 Å². The lowest BCUT2D eigenvalue weighted by Gasteiger charge is -2.28. The molecule has 9 heteroatoms. The fourth-order valence-electron chi connectivity index (χ4n) is 4.45. The van der Waals surface area contributed by atoms with Gasteiger partial charge in [0.15, 0.2) is 0 Å². The monoisotopic (exact) mass is 512 g/mol. The maximum absolute atomic E-state index is 11.7. The van der Waals surface area contributed by atoms with Gasteiger partial charge >= 0.3 is 0 Å². The highest BCUT2D eigenvalue weighted by molar-refractivity contribution is 5.79. The molecule has 3 N–H and O–H groups in total. The summed E-state index contributed by atoms with van der Waals surface area (Å²) in [6.45, 7) is 2.26. The molecule has 1 atom stereocenters. The molecule has 0 spiro atoms. The summed E-state index contributed by atoms with van der Waals surface area (Å²) in [5.41, 5.74) is 2.05. The van der Waals surface area contributed by atoms with E-state index in [4.69, 9.17) is 4.74 Å². The van der Waals surface area contributed by atoms with Crippen LogP contribution in [0, 0.1) is 11.8 Å². The van der Waals surface area contributed by atoms with Crippen molar-refractivity contribution in [1.82, 2.24) is 20.9 Å². The van der Waals surface area contributed by atoms with Gasteiger partial charge in [-0.2, -0.15) is 0 Å². The second kappa shape index (κ2) is 17.4. The van der Waals surface area contributed by atoms with E-state index in [1.807, 2.05) is 11.0 Å². The van der Waals surface area contributed by atoms with E-state index in [0.717, 1.165) is 62.3 Å². The number of hydrogen-bond donors (Lipinski definition) is 3. The molecule has 9 nitrogen and oxygen atoms in total. The van der Waals surface area contributed by atoms with Crippen molar-refractivity contribution >= 4 is 24.9 Å². The van der Waals surface area contributed by atoms with Gasteiger partial charge in [0.1, 0.15) is 12.6 Å². The number of likely N-dealkylation sites (N-methyl/N-ethyl adjacent to an activating group) is 1. The summed E-state index contributed by atoms with van der Waals surface area (Å²) in [4.78, 5) is 47.2. The van der Waals surface area contributed by atoms with E-state index < -0.39 is 6.04 Å². The molecule has 0 bridgehead atoms. The summed E-state index contributed by atoms with van der Waals surface area (Å²) in [7, 11) is 3.37. The quantitative estimate of drug-likeness (QED) is 0.174. The van der Waals surface area contributed by atoms with Crippen molar-refractivity contribution in [2.24, 2.45) is 0 Å². The predicted molar refractivity (Wildman–Crippen MR) is 142 cm³/mol. The van der Waals surface area contributed by atoms with Crippen LogP contribution in [0.15, 0.2) is 18.2 Å². The smallest absolute Gasteiger partial charge is 0.219 e. The summed E-state index contributed by atoms with van der Waals surface area (Å²) >= 11 is 0. The van der Waals surface area contributed by atoms with Crippen LogP contribution in [-0.4, -0.2) is 81.8 Å². The predicted octanol–water partition coefficient (Wildman–Crippen LogP) is 1.43. The lowest BCUT2D eigenvalue weighted by atomic mass is 9.91. The third kappa shape index (κ3) is 10.8. The number of ether oxygens (including phenoxy) is 1. The van der Waals surface area contributed by atoms with E-state index in [0.29, 0.717) is 50.2 Å². The molecule has 1 saturated carbocycles. The average Bonchev–Trinajstić information content (AvgIpc) is 2.92. The Labute approximate surface area is 220 Å². The number of carbonyl (C=O) groups is 4. The molecule has 0 saturated heterocycles. The van der Waals surface area contributed by atoms with E-state index in [2.05, 4.69) is 27.8 Å².